The highest BCUT2D eigenvalue weighted by atomic mass is 32.2. The summed E-state index contributed by atoms with van der Waals surface area (Å²) in [5.41, 5.74) is 2.81. The zero-order valence-corrected chi connectivity index (χ0v) is 12.7. The van der Waals surface area contributed by atoms with Gasteiger partial charge in [0, 0.05) is 25.2 Å². The molecule has 2 aliphatic heterocycles. The Bertz CT molecular complexity index is 585. The van der Waals surface area contributed by atoms with Crippen molar-refractivity contribution in [3.05, 3.63) is 35.4 Å². The molecular formula is C15H22N2O2S. The van der Waals surface area contributed by atoms with E-state index in [2.05, 4.69) is 33.9 Å². The summed E-state index contributed by atoms with van der Waals surface area (Å²) in [6, 6.07) is 9.03. The number of piperidine rings is 1. The third-order valence-corrected chi connectivity index (χ3v) is 5.97. The molecule has 0 spiro atoms. The number of nitrogens with zero attached hydrogens (tertiary/aromatic N) is 1. The Kier molecular flexibility index (Phi) is 3.84. The lowest BCUT2D eigenvalue weighted by Gasteiger charge is -2.43. The van der Waals surface area contributed by atoms with Gasteiger partial charge in [0.1, 0.15) is 0 Å². The highest BCUT2D eigenvalue weighted by Crippen LogP contribution is 2.36. The van der Waals surface area contributed by atoms with Crippen molar-refractivity contribution in [2.45, 2.75) is 38.3 Å². The van der Waals surface area contributed by atoms with Crippen LogP contribution < -0.4 is 4.72 Å². The maximum atomic E-state index is 11.7. The van der Waals surface area contributed by atoms with E-state index in [1.54, 1.807) is 6.92 Å². The molecule has 0 radical (unpaired) electrons. The van der Waals surface area contributed by atoms with Crippen molar-refractivity contribution in [3.63, 3.8) is 0 Å². The van der Waals surface area contributed by atoms with Gasteiger partial charge >= 0.3 is 0 Å². The van der Waals surface area contributed by atoms with Gasteiger partial charge in [-0.05, 0) is 37.3 Å². The molecule has 20 heavy (non-hydrogen) atoms. The molecule has 2 atom stereocenters. The van der Waals surface area contributed by atoms with Gasteiger partial charge in [0.25, 0.3) is 0 Å². The zero-order valence-electron chi connectivity index (χ0n) is 11.9. The van der Waals surface area contributed by atoms with Crippen molar-refractivity contribution in [1.82, 2.24) is 9.62 Å². The minimum absolute atomic E-state index is 0.0763. The lowest BCUT2D eigenvalue weighted by Crippen LogP contribution is -2.48. The predicted octanol–water partition coefficient (Wildman–Crippen LogP) is 1.69. The summed E-state index contributed by atoms with van der Waals surface area (Å²) >= 11 is 0. The topological polar surface area (TPSA) is 49.4 Å². The van der Waals surface area contributed by atoms with Crippen molar-refractivity contribution in [3.8, 4) is 0 Å². The number of hydrogen-bond donors (Lipinski definition) is 1. The summed E-state index contributed by atoms with van der Waals surface area (Å²) in [5, 5.41) is 0. The summed E-state index contributed by atoms with van der Waals surface area (Å²) < 4.78 is 26.4. The molecule has 0 bridgehead atoms. The van der Waals surface area contributed by atoms with E-state index in [1.807, 2.05) is 0 Å². The molecular weight excluding hydrogens is 272 g/mol. The minimum Gasteiger partial charge on any atom is -0.296 e. The Morgan fingerprint density at radius 2 is 2.10 bits per heavy atom. The lowest BCUT2D eigenvalue weighted by molar-refractivity contribution is 0.122. The van der Waals surface area contributed by atoms with E-state index in [1.165, 1.54) is 11.1 Å². The van der Waals surface area contributed by atoms with Crippen molar-refractivity contribution in [2.75, 3.05) is 18.8 Å². The average molecular weight is 294 g/mol. The molecule has 110 valence electrons. The van der Waals surface area contributed by atoms with E-state index >= 15 is 0 Å². The zero-order chi connectivity index (χ0) is 14.2. The smallest absolute Gasteiger partial charge is 0.211 e. The standard InChI is InChI=1S/C15H22N2O2S/c1-2-20(18,19)16-13-8-10-17-9-7-12-5-3-4-6-14(12)15(17)11-13/h3-6,13,15-16H,2,7-11H2,1H3/t13-,15+/m1/s1. The van der Waals surface area contributed by atoms with E-state index in [4.69, 9.17) is 0 Å². The van der Waals surface area contributed by atoms with Crippen molar-refractivity contribution in [2.24, 2.45) is 0 Å². The van der Waals surface area contributed by atoms with E-state index in [0.717, 1.165) is 32.4 Å². The van der Waals surface area contributed by atoms with E-state index in [0.29, 0.717) is 6.04 Å². The van der Waals surface area contributed by atoms with Crippen LogP contribution in [0.4, 0.5) is 0 Å². The Balaban J connectivity index is 1.79. The van der Waals surface area contributed by atoms with Crippen LogP contribution in [0.2, 0.25) is 0 Å². The second-order valence-corrected chi connectivity index (χ2v) is 7.79. The first-order valence-electron chi connectivity index (χ1n) is 7.41. The van der Waals surface area contributed by atoms with E-state index in [9.17, 15) is 8.42 Å². The Morgan fingerprint density at radius 1 is 1.30 bits per heavy atom. The fraction of sp³-hybridized carbons (Fsp3) is 0.600. The SMILES string of the molecule is CCS(=O)(=O)N[C@@H]1CCN2CCc3ccccc3[C@@H]2C1. The van der Waals surface area contributed by atoms with Crippen LogP contribution in [0.3, 0.4) is 0 Å². The largest absolute Gasteiger partial charge is 0.296 e. The van der Waals surface area contributed by atoms with Gasteiger partial charge in [0.15, 0.2) is 0 Å². The predicted molar refractivity (Wildman–Crippen MR) is 80.1 cm³/mol. The normalized spacial score (nSPS) is 26.9. The molecule has 0 saturated carbocycles. The van der Waals surface area contributed by atoms with Gasteiger partial charge in [0.05, 0.1) is 5.75 Å². The molecule has 1 N–H and O–H groups in total. The van der Waals surface area contributed by atoms with Crippen LogP contribution in [0.5, 0.6) is 0 Å². The Morgan fingerprint density at radius 3 is 2.90 bits per heavy atom. The third-order valence-electron chi connectivity index (χ3n) is 4.52. The van der Waals surface area contributed by atoms with Gasteiger partial charge in [-0.3, -0.25) is 4.90 Å². The molecule has 2 heterocycles. The average Bonchev–Trinajstić information content (AvgIpc) is 2.47. The van der Waals surface area contributed by atoms with Crippen LogP contribution in [0, 0.1) is 0 Å². The van der Waals surface area contributed by atoms with Crippen molar-refractivity contribution in [1.29, 1.82) is 0 Å². The van der Waals surface area contributed by atoms with Crippen LogP contribution in [-0.2, 0) is 16.4 Å². The number of fused-ring (bicyclic) bond motifs is 3. The molecule has 0 aliphatic carbocycles. The Labute approximate surface area is 121 Å². The van der Waals surface area contributed by atoms with E-state index in [-0.39, 0.29) is 11.8 Å². The van der Waals surface area contributed by atoms with Crippen LogP contribution in [-0.4, -0.2) is 38.2 Å². The second kappa shape index (κ2) is 5.47. The molecule has 0 unspecified atom stereocenters. The van der Waals surface area contributed by atoms with Gasteiger partial charge in [-0.25, -0.2) is 13.1 Å². The van der Waals surface area contributed by atoms with Crippen LogP contribution in [0.1, 0.15) is 36.9 Å². The van der Waals surface area contributed by atoms with Crippen LogP contribution >= 0.6 is 0 Å². The van der Waals surface area contributed by atoms with Crippen molar-refractivity contribution < 1.29 is 8.42 Å². The lowest BCUT2D eigenvalue weighted by atomic mass is 9.85. The number of sulfonamides is 1. The molecule has 0 aromatic heterocycles. The summed E-state index contributed by atoms with van der Waals surface area (Å²) in [5.74, 6) is 0.161. The van der Waals surface area contributed by atoms with Gasteiger partial charge in [-0.1, -0.05) is 24.3 Å². The highest BCUT2D eigenvalue weighted by Gasteiger charge is 2.34. The molecule has 2 aliphatic rings. The maximum absolute atomic E-state index is 11.7. The molecule has 1 aromatic rings. The second-order valence-electron chi connectivity index (χ2n) is 5.74. The van der Waals surface area contributed by atoms with Gasteiger partial charge in [-0.2, -0.15) is 0 Å². The first-order chi connectivity index (χ1) is 9.59. The summed E-state index contributed by atoms with van der Waals surface area (Å²) in [7, 11) is -3.10. The van der Waals surface area contributed by atoms with Gasteiger partial charge < -0.3 is 0 Å². The molecule has 1 fully saturated rings. The van der Waals surface area contributed by atoms with Gasteiger partial charge in [-0.15, -0.1) is 0 Å². The minimum atomic E-state index is -3.10. The number of benzene rings is 1. The quantitative estimate of drug-likeness (QED) is 0.923. The van der Waals surface area contributed by atoms with Crippen molar-refractivity contribution >= 4 is 10.0 Å². The summed E-state index contributed by atoms with van der Waals surface area (Å²) in [6.45, 7) is 3.76. The number of hydrogen-bond acceptors (Lipinski definition) is 3. The molecule has 1 saturated heterocycles. The monoisotopic (exact) mass is 294 g/mol. The maximum Gasteiger partial charge on any atom is 0.211 e. The Hall–Kier alpha value is -0.910. The molecule has 4 nitrogen and oxygen atoms in total. The summed E-state index contributed by atoms with van der Waals surface area (Å²) in [4.78, 5) is 2.50. The molecule has 3 rings (SSSR count). The highest BCUT2D eigenvalue weighted by molar-refractivity contribution is 7.89. The first kappa shape index (κ1) is 14.0. The first-order valence-corrected chi connectivity index (χ1v) is 9.06. The van der Waals surface area contributed by atoms with Crippen LogP contribution in [0.15, 0.2) is 24.3 Å². The third kappa shape index (κ3) is 2.75. The molecule has 1 aromatic carbocycles. The number of rotatable bonds is 3. The fourth-order valence-electron chi connectivity index (χ4n) is 3.40. The fourth-order valence-corrected chi connectivity index (χ4v) is 4.29. The van der Waals surface area contributed by atoms with Gasteiger partial charge in [0.2, 0.25) is 10.0 Å². The van der Waals surface area contributed by atoms with E-state index < -0.39 is 10.0 Å². The molecule has 5 heteroatoms. The summed E-state index contributed by atoms with van der Waals surface area (Å²) in [6.07, 6.45) is 2.91. The molecule has 0 amide bonds. The van der Waals surface area contributed by atoms with Crippen LogP contribution in [0.25, 0.3) is 0 Å². The number of nitrogens with one attached hydrogen (secondary N) is 1.